The number of H-pyrrole nitrogens is 1. The van der Waals surface area contributed by atoms with Gasteiger partial charge in [0, 0.05) is 24.7 Å². The number of carbonyl (C=O) groups excluding carboxylic acids is 3. The molecule has 13 heteroatoms. The normalized spacial score (nSPS) is 13.8. The summed E-state index contributed by atoms with van der Waals surface area (Å²) in [5, 5.41) is 36.1. The van der Waals surface area contributed by atoms with Crippen LogP contribution in [0, 0.1) is 0 Å². The van der Waals surface area contributed by atoms with Crippen LogP contribution < -0.4 is 21.7 Å². The number of aromatic nitrogens is 2. The molecule has 0 saturated heterocycles. The van der Waals surface area contributed by atoms with Gasteiger partial charge in [0.1, 0.15) is 23.9 Å². The Hall–Kier alpha value is -4.75. The van der Waals surface area contributed by atoms with Crippen molar-refractivity contribution in [2.24, 2.45) is 5.73 Å². The lowest BCUT2D eigenvalue weighted by molar-refractivity contribution is -0.142. The van der Waals surface area contributed by atoms with E-state index in [0.717, 1.165) is 0 Å². The number of hydrogen-bond donors (Lipinski definition) is 8. The number of hydrogen-bond acceptors (Lipinski definition) is 8. The molecular weight excluding hydrogens is 520 g/mol. The van der Waals surface area contributed by atoms with Gasteiger partial charge in [-0.15, -0.1) is 0 Å². The number of rotatable bonds is 14. The maximum atomic E-state index is 13.2. The molecular formula is C27H32N6O7. The van der Waals surface area contributed by atoms with Crippen LogP contribution >= 0.6 is 0 Å². The second kappa shape index (κ2) is 14.4. The van der Waals surface area contributed by atoms with Crippen molar-refractivity contribution in [3.05, 3.63) is 83.9 Å². The summed E-state index contributed by atoms with van der Waals surface area (Å²) in [7, 11) is 0. The van der Waals surface area contributed by atoms with Gasteiger partial charge in [-0.25, -0.2) is 9.78 Å². The van der Waals surface area contributed by atoms with Crippen molar-refractivity contribution in [2.45, 2.75) is 43.4 Å². The van der Waals surface area contributed by atoms with Crippen LogP contribution in [0.25, 0.3) is 0 Å². The van der Waals surface area contributed by atoms with Crippen molar-refractivity contribution in [1.82, 2.24) is 25.9 Å². The summed E-state index contributed by atoms with van der Waals surface area (Å²) in [4.78, 5) is 57.2. The number of benzene rings is 2. The van der Waals surface area contributed by atoms with E-state index >= 15 is 0 Å². The topological polar surface area (TPSA) is 220 Å². The number of phenolic OH excluding ortho intramolecular Hbond substituents is 1. The Morgan fingerprint density at radius 1 is 0.800 bits per heavy atom. The number of nitrogens with one attached hydrogen (secondary N) is 4. The number of aliphatic hydroxyl groups is 1. The summed E-state index contributed by atoms with van der Waals surface area (Å²) in [6, 6.07) is 9.98. The molecule has 4 atom stereocenters. The maximum Gasteiger partial charge on any atom is 0.326 e. The molecule has 13 nitrogen and oxygen atoms in total. The molecule has 40 heavy (non-hydrogen) atoms. The first kappa shape index (κ1) is 29.8. The highest BCUT2D eigenvalue weighted by Gasteiger charge is 2.30. The van der Waals surface area contributed by atoms with Crippen LogP contribution in [0.1, 0.15) is 16.8 Å². The van der Waals surface area contributed by atoms with E-state index in [2.05, 4.69) is 25.9 Å². The number of carbonyl (C=O) groups is 4. The van der Waals surface area contributed by atoms with Crippen LogP contribution in [-0.4, -0.2) is 79.8 Å². The van der Waals surface area contributed by atoms with Gasteiger partial charge < -0.3 is 42.0 Å². The van der Waals surface area contributed by atoms with Gasteiger partial charge in [0.15, 0.2) is 0 Å². The molecule has 3 amide bonds. The second-order valence-electron chi connectivity index (χ2n) is 9.15. The third kappa shape index (κ3) is 8.92. The number of amides is 3. The quantitative estimate of drug-likeness (QED) is 0.123. The fraction of sp³-hybridized carbons (Fsp3) is 0.296. The van der Waals surface area contributed by atoms with Crippen molar-refractivity contribution in [3.8, 4) is 5.75 Å². The van der Waals surface area contributed by atoms with E-state index < -0.39 is 54.5 Å². The predicted octanol–water partition coefficient (Wildman–Crippen LogP) is -0.998. The SMILES string of the molecule is NC(Cc1ccc(O)cc1)C(=O)NC(Cc1ccccc1)C(=O)NC(CO)C(=O)NC(Cc1cnc[nH]1)C(=O)O. The molecule has 0 radical (unpaired) electrons. The zero-order chi connectivity index (χ0) is 29.1. The maximum absolute atomic E-state index is 13.2. The Balaban J connectivity index is 1.69. The zero-order valence-electron chi connectivity index (χ0n) is 21.5. The highest BCUT2D eigenvalue weighted by atomic mass is 16.4. The third-order valence-electron chi connectivity index (χ3n) is 6.05. The van der Waals surface area contributed by atoms with Crippen molar-refractivity contribution in [2.75, 3.05) is 6.61 Å². The summed E-state index contributed by atoms with van der Waals surface area (Å²) < 4.78 is 0. The summed E-state index contributed by atoms with van der Waals surface area (Å²) in [6.07, 6.45) is 2.88. The summed E-state index contributed by atoms with van der Waals surface area (Å²) in [6.45, 7) is -0.819. The van der Waals surface area contributed by atoms with Crippen molar-refractivity contribution >= 4 is 23.7 Å². The standard InChI is InChI=1S/C27H32N6O7/c28-20(10-17-6-8-19(35)9-7-17)24(36)31-21(11-16-4-2-1-3-5-16)25(37)33-23(14-34)26(38)32-22(27(39)40)12-18-13-29-15-30-18/h1-9,13,15,20-23,34-35H,10-12,14,28H2,(H,29,30)(H,31,36)(H,32,38)(H,33,37)(H,39,40). The summed E-state index contributed by atoms with van der Waals surface area (Å²) >= 11 is 0. The molecule has 0 aliphatic rings. The number of nitrogens with two attached hydrogens (primary N) is 1. The van der Waals surface area contributed by atoms with Crippen molar-refractivity contribution in [3.63, 3.8) is 0 Å². The van der Waals surface area contributed by atoms with Crippen LogP contribution in [0.3, 0.4) is 0 Å². The highest BCUT2D eigenvalue weighted by molar-refractivity contribution is 5.94. The van der Waals surface area contributed by atoms with Crippen LogP contribution in [0.4, 0.5) is 0 Å². The van der Waals surface area contributed by atoms with Gasteiger partial charge in [0.2, 0.25) is 17.7 Å². The molecule has 212 valence electrons. The van der Waals surface area contributed by atoms with E-state index in [0.29, 0.717) is 16.8 Å². The number of aliphatic hydroxyl groups excluding tert-OH is 1. The molecule has 0 bridgehead atoms. The lowest BCUT2D eigenvalue weighted by Gasteiger charge is -2.24. The first-order chi connectivity index (χ1) is 19.2. The van der Waals surface area contributed by atoms with Crippen LogP contribution in [0.5, 0.6) is 5.75 Å². The molecule has 4 unspecified atom stereocenters. The van der Waals surface area contributed by atoms with Crippen molar-refractivity contribution < 1.29 is 34.5 Å². The highest BCUT2D eigenvalue weighted by Crippen LogP contribution is 2.11. The van der Waals surface area contributed by atoms with Gasteiger partial charge in [-0.2, -0.15) is 0 Å². The molecule has 2 aromatic carbocycles. The molecule has 0 spiro atoms. The number of imidazole rings is 1. The van der Waals surface area contributed by atoms with E-state index in [1.807, 2.05) is 0 Å². The number of aliphatic carboxylic acids is 1. The Morgan fingerprint density at radius 2 is 1.40 bits per heavy atom. The molecule has 0 aliphatic heterocycles. The minimum atomic E-state index is -1.49. The van der Waals surface area contributed by atoms with Gasteiger partial charge in [-0.1, -0.05) is 42.5 Å². The zero-order valence-corrected chi connectivity index (χ0v) is 21.5. The lowest BCUT2D eigenvalue weighted by atomic mass is 10.0. The average Bonchev–Trinajstić information content (AvgIpc) is 3.45. The van der Waals surface area contributed by atoms with E-state index in [-0.39, 0.29) is 25.0 Å². The Kier molecular flexibility index (Phi) is 10.7. The van der Waals surface area contributed by atoms with Gasteiger partial charge in [-0.05, 0) is 29.7 Å². The second-order valence-corrected chi connectivity index (χ2v) is 9.15. The van der Waals surface area contributed by atoms with E-state index in [4.69, 9.17) is 5.73 Å². The van der Waals surface area contributed by atoms with E-state index in [9.17, 15) is 34.5 Å². The molecule has 1 heterocycles. The minimum Gasteiger partial charge on any atom is -0.508 e. The average molecular weight is 553 g/mol. The molecule has 1 aromatic heterocycles. The van der Waals surface area contributed by atoms with E-state index in [1.165, 1.54) is 24.7 Å². The molecule has 3 aromatic rings. The first-order valence-corrected chi connectivity index (χ1v) is 12.5. The summed E-state index contributed by atoms with van der Waals surface area (Å²) in [5.74, 6) is -3.57. The first-order valence-electron chi connectivity index (χ1n) is 12.5. The minimum absolute atomic E-state index is 0.0572. The Bertz CT molecular complexity index is 1270. The largest absolute Gasteiger partial charge is 0.508 e. The fourth-order valence-corrected chi connectivity index (χ4v) is 3.87. The van der Waals surface area contributed by atoms with Gasteiger partial charge in [0.05, 0.1) is 19.0 Å². The Morgan fingerprint density at radius 3 is 2.00 bits per heavy atom. The monoisotopic (exact) mass is 552 g/mol. The number of carboxylic acids is 1. The summed E-state index contributed by atoms with van der Waals surface area (Å²) in [5.41, 5.74) is 7.95. The fourth-order valence-electron chi connectivity index (χ4n) is 3.87. The number of aromatic amines is 1. The number of carboxylic acid groups (broad SMARTS) is 1. The number of nitrogens with zero attached hydrogens (tertiary/aromatic N) is 1. The molecule has 0 fully saturated rings. The van der Waals surface area contributed by atoms with Gasteiger partial charge >= 0.3 is 5.97 Å². The van der Waals surface area contributed by atoms with Crippen LogP contribution in [-0.2, 0) is 38.4 Å². The number of aromatic hydroxyl groups is 1. The van der Waals surface area contributed by atoms with Gasteiger partial charge in [0.25, 0.3) is 0 Å². The molecule has 0 aliphatic carbocycles. The third-order valence-corrected chi connectivity index (χ3v) is 6.05. The van der Waals surface area contributed by atoms with E-state index in [1.54, 1.807) is 42.5 Å². The number of phenols is 1. The van der Waals surface area contributed by atoms with Crippen LogP contribution in [0.2, 0.25) is 0 Å². The molecule has 0 saturated carbocycles. The Labute approximate surface area is 229 Å². The molecule has 9 N–H and O–H groups in total. The van der Waals surface area contributed by atoms with Gasteiger partial charge in [-0.3, -0.25) is 14.4 Å². The molecule has 3 rings (SSSR count). The van der Waals surface area contributed by atoms with Crippen LogP contribution in [0.15, 0.2) is 67.1 Å². The lowest BCUT2D eigenvalue weighted by Crippen LogP contribution is -2.58. The smallest absolute Gasteiger partial charge is 0.326 e. The predicted molar refractivity (Wildman–Crippen MR) is 143 cm³/mol. The van der Waals surface area contributed by atoms with Crippen molar-refractivity contribution in [1.29, 1.82) is 0 Å².